The number of nitrogens with two attached hydrogens (primary N) is 1. The number of hydrogen-bond acceptors (Lipinski definition) is 6. The first-order chi connectivity index (χ1) is 10.2. The number of hydrogen-bond donors (Lipinski definition) is 2. The summed E-state index contributed by atoms with van der Waals surface area (Å²) in [5.41, 5.74) is 6.41. The molecule has 0 aliphatic rings. The average molecular weight is 319 g/mol. The molecule has 0 atom stereocenters. The molecule has 106 valence electrons. The van der Waals surface area contributed by atoms with Crippen molar-refractivity contribution >= 4 is 38.9 Å². The molecule has 0 aliphatic heterocycles. The van der Waals surface area contributed by atoms with E-state index in [2.05, 4.69) is 15.5 Å². The second-order valence-corrected chi connectivity index (χ2v) is 5.60. The van der Waals surface area contributed by atoms with Crippen LogP contribution < -0.4 is 15.8 Å². The van der Waals surface area contributed by atoms with Crippen LogP contribution in [-0.4, -0.2) is 10.2 Å². The van der Waals surface area contributed by atoms with E-state index < -0.39 is 0 Å². The van der Waals surface area contributed by atoms with Crippen LogP contribution in [0.4, 0.5) is 16.0 Å². The van der Waals surface area contributed by atoms with Gasteiger partial charge in [0.05, 0.1) is 0 Å². The van der Waals surface area contributed by atoms with Gasteiger partial charge in [-0.2, -0.15) is 0 Å². The molecule has 0 amide bonds. The van der Waals surface area contributed by atoms with E-state index in [-0.39, 0.29) is 0 Å². The number of aromatic nitrogens is 2. The Labute approximate surface area is 130 Å². The molecule has 3 N–H and O–H groups in total. The number of ether oxygens (including phenoxy) is 1. The maximum absolute atomic E-state index is 5.83. The first-order valence-electron chi connectivity index (χ1n) is 6.08. The van der Waals surface area contributed by atoms with Gasteiger partial charge in [0, 0.05) is 10.7 Å². The number of benzene rings is 2. The largest absolute Gasteiger partial charge is 0.457 e. The van der Waals surface area contributed by atoms with Crippen LogP contribution in [0.3, 0.4) is 0 Å². The second kappa shape index (κ2) is 5.99. The van der Waals surface area contributed by atoms with Crippen molar-refractivity contribution in [2.75, 3.05) is 11.1 Å². The van der Waals surface area contributed by atoms with Crippen molar-refractivity contribution in [1.82, 2.24) is 10.2 Å². The van der Waals surface area contributed by atoms with Crippen molar-refractivity contribution in [3.8, 4) is 11.5 Å². The molecule has 0 unspecified atom stereocenters. The molecular weight excluding hydrogens is 308 g/mol. The second-order valence-electron chi connectivity index (χ2n) is 4.15. The molecular formula is C14H11ClN4OS. The summed E-state index contributed by atoms with van der Waals surface area (Å²) in [6.45, 7) is 0. The van der Waals surface area contributed by atoms with Crippen LogP contribution >= 0.6 is 22.9 Å². The summed E-state index contributed by atoms with van der Waals surface area (Å²) in [5, 5.41) is 12.5. The van der Waals surface area contributed by atoms with E-state index >= 15 is 0 Å². The fraction of sp³-hybridized carbons (Fsp3) is 0. The normalized spacial score (nSPS) is 10.3. The molecule has 0 saturated heterocycles. The third kappa shape index (κ3) is 3.62. The molecule has 0 fully saturated rings. The lowest BCUT2D eigenvalue weighted by atomic mass is 10.3. The van der Waals surface area contributed by atoms with Crippen LogP contribution in [0.1, 0.15) is 0 Å². The standard InChI is InChI=1S/C14H11ClN4OS/c15-9-1-5-11(6-2-9)20-12-7-3-10(4-8-12)17-14-19-18-13(16)21-14/h1-8H,(H2,16,18)(H,17,19). The first kappa shape index (κ1) is 13.7. The molecule has 0 saturated carbocycles. The molecule has 1 aromatic heterocycles. The fourth-order valence-electron chi connectivity index (χ4n) is 1.65. The van der Waals surface area contributed by atoms with Crippen LogP contribution in [0, 0.1) is 0 Å². The number of nitrogen functional groups attached to an aromatic ring is 1. The third-order valence-corrected chi connectivity index (χ3v) is 3.52. The predicted molar refractivity (Wildman–Crippen MR) is 85.6 cm³/mol. The number of nitrogens with one attached hydrogen (secondary N) is 1. The van der Waals surface area contributed by atoms with E-state index in [1.165, 1.54) is 11.3 Å². The van der Waals surface area contributed by atoms with Gasteiger partial charge in [-0.1, -0.05) is 22.9 Å². The minimum Gasteiger partial charge on any atom is -0.457 e. The number of rotatable bonds is 4. The van der Waals surface area contributed by atoms with E-state index in [0.717, 1.165) is 17.2 Å². The summed E-state index contributed by atoms with van der Waals surface area (Å²) in [7, 11) is 0. The smallest absolute Gasteiger partial charge is 0.211 e. The van der Waals surface area contributed by atoms with Gasteiger partial charge < -0.3 is 15.8 Å². The quantitative estimate of drug-likeness (QED) is 0.750. The van der Waals surface area contributed by atoms with E-state index in [9.17, 15) is 0 Å². The Morgan fingerprint density at radius 3 is 2.14 bits per heavy atom. The van der Waals surface area contributed by atoms with Gasteiger partial charge in [0.1, 0.15) is 11.5 Å². The van der Waals surface area contributed by atoms with Crippen LogP contribution in [0.2, 0.25) is 5.02 Å². The maximum Gasteiger partial charge on any atom is 0.211 e. The molecule has 5 nitrogen and oxygen atoms in total. The zero-order chi connectivity index (χ0) is 14.7. The van der Waals surface area contributed by atoms with Crippen molar-refractivity contribution < 1.29 is 4.74 Å². The SMILES string of the molecule is Nc1nnc(Nc2ccc(Oc3ccc(Cl)cc3)cc2)s1. The molecule has 21 heavy (non-hydrogen) atoms. The third-order valence-electron chi connectivity index (χ3n) is 2.60. The number of anilines is 3. The van der Waals surface area contributed by atoms with E-state index in [1.807, 2.05) is 36.4 Å². The van der Waals surface area contributed by atoms with Crippen molar-refractivity contribution in [1.29, 1.82) is 0 Å². The summed E-state index contributed by atoms with van der Waals surface area (Å²) in [4.78, 5) is 0. The van der Waals surface area contributed by atoms with E-state index in [0.29, 0.717) is 15.3 Å². The average Bonchev–Trinajstić information content (AvgIpc) is 2.89. The molecule has 3 aromatic rings. The Morgan fingerprint density at radius 2 is 1.57 bits per heavy atom. The lowest BCUT2D eigenvalue weighted by Gasteiger charge is -2.07. The zero-order valence-electron chi connectivity index (χ0n) is 10.8. The highest BCUT2D eigenvalue weighted by Gasteiger charge is 2.02. The van der Waals surface area contributed by atoms with Gasteiger partial charge in [0.15, 0.2) is 0 Å². The van der Waals surface area contributed by atoms with Gasteiger partial charge in [0.25, 0.3) is 0 Å². The summed E-state index contributed by atoms with van der Waals surface area (Å²) >= 11 is 7.12. The van der Waals surface area contributed by atoms with Crippen molar-refractivity contribution in [2.45, 2.75) is 0 Å². The summed E-state index contributed by atoms with van der Waals surface area (Å²) in [6.07, 6.45) is 0. The molecule has 0 bridgehead atoms. The van der Waals surface area contributed by atoms with Crippen LogP contribution in [0.25, 0.3) is 0 Å². The highest BCUT2D eigenvalue weighted by atomic mass is 35.5. The van der Waals surface area contributed by atoms with Gasteiger partial charge in [-0.15, -0.1) is 10.2 Å². The Morgan fingerprint density at radius 1 is 0.952 bits per heavy atom. The highest BCUT2D eigenvalue weighted by molar-refractivity contribution is 7.18. The van der Waals surface area contributed by atoms with Crippen molar-refractivity contribution in [3.63, 3.8) is 0 Å². The molecule has 3 rings (SSSR count). The number of nitrogens with zero attached hydrogens (tertiary/aromatic N) is 2. The van der Waals surface area contributed by atoms with Gasteiger partial charge in [0.2, 0.25) is 10.3 Å². The van der Waals surface area contributed by atoms with Crippen LogP contribution in [0.5, 0.6) is 11.5 Å². The van der Waals surface area contributed by atoms with E-state index in [1.54, 1.807) is 12.1 Å². The topological polar surface area (TPSA) is 73.1 Å². The number of halogens is 1. The van der Waals surface area contributed by atoms with Crippen LogP contribution in [0.15, 0.2) is 48.5 Å². The van der Waals surface area contributed by atoms with Gasteiger partial charge >= 0.3 is 0 Å². The van der Waals surface area contributed by atoms with Crippen molar-refractivity contribution in [3.05, 3.63) is 53.6 Å². The molecule has 0 spiro atoms. The molecule has 0 aliphatic carbocycles. The first-order valence-corrected chi connectivity index (χ1v) is 7.28. The van der Waals surface area contributed by atoms with Gasteiger partial charge in [-0.25, -0.2) is 0 Å². The molecule has 0 radical (unpaired) electrons. The molecule has 1 heterocycles. The summed E-state index contributed by atoms with van der Waals surface area (Å²) in [6, 6.07) is 14.7. The van der Waals surface area contributed by atoms with Crippen molar-refractivity contribution in [2.24, 2.45) is 0 Å². The Balaban J connectivity index is 1.67. The zero-order valence-corrected chi connectivity index (χ0v) is 12.4. The molecule has 7 heteroatoms. The highest BCUT2D eigenvalue weighted by Crippen LogP contribution is 2.26. The lowest BCUT2D eigenvalue weighted by molar-refractivity contribution is 0.483. The Kier molecular flexibility index (Phi) is 3.89. The van der Waals surface area contributed by atoms with Crippen LogP contribution in [-0.2, 0) is 0 Å². The Bertz CT molecular complexity index is 727. The van der Waals surface area contributed by atoms with E-state index in [4.69, 9.17) is 22.1 Å². The fourth-order valence-corrected chi connectivity index (χ4v) is 2.31. The summed E-state index contributed by atoms with van der Waals surface area (Å²) < 4.78 is 5.71. The maximum atomic E-state index is 5.83. The van der Waals surface area contributed by atoms with Gasteiger partial charge in [-0.05, 0) is 48.5 Å². The molecule has 2 aromatic carbocycles. The minimum absolute atomic E-state index is 0.431. The Hall–Kier alpha value is -2.31. The summed E-state index contributed by atoms with van der Waals surface area (Å²) in [5.74, 6) is 1.47. The monoisotopic (exact) mass is 318 g/mol. The lowest BCUT2D eigenvalue weighted by Crippen LogP contribution is -1.90. The minimum atomic E-state index is 0.431. The van der Waals surface area contributed by atoms with Gasteiger partial charge in [-0.3, -0.25) is 0 Å². The predicted octanol–water partition coefficient (Wildman–Crippen LogP) is 4.31.